The Morgan fingerprint density at radius 3 is 1.79 bits per heavy atom. The largest absolute Gasteiger partial charge is 0.455 e. The molecule has 1 aromatic carbocycles. The van der Waals surface area contributed by atoms with E-state index in [1.54, 1.807) is 45.0 Å². The fourth-order valence-corrected chi connectivity index (χ4v) is 13.4. The van der Waals surface area contributed by atoms with Crippen molar-refractivity contribution in [3.8, 4) is 0 Å². The molecular formula is C72H116O26. The van der Waals surface area contributed by atoms with E-state index in [9.17, 15) is 60.0 Å². The molecule has 6 aliphatic rings. The van der Waals surface area contributed by atoms with Gasteiger partial charge >= 0.3 is 23.9 Å². The predicted octanol–water partition coefficient (Wildman–Crippen LogP) is 6.57. The molecule has 6 saturated heterocycles. The Kier molecular flexibility index (Phi) is 34.4. The second kappa shape index (κ2) is 41.4. The number of rotatable bonds is 28. The van der Waals surface area contributed by atoms with Crippen LogP contribution in [0.3, 0.4) is 0 Å². The van der Waals surface area contributed by atoms with Crippen molar-refractivity contribution in [3.05, 3.63) is 42.0 Å². The van der Waals surface area contributed by atoms with Gasteiger partial charge in [-0.05, 0) is 71.4 Å². The van der Waals surface area contributed by atoms with Gasteiger partial charge in [-0.3, -0.25) is 14.4 Å². The number of ether oxygens (including phenoxy) is 14. The number of fused-ring (bicyclic) bond motifs is 2. The zero-order valence-electron chi connectivity index (χ0n) is 58.7. The van der Waals surface area contributed by atoms with E-state index in [1.165, 1.54) is 32.9 Å². The van der Waals surface area contributed by atoms with E-state index in [0.717, 1.165) is 103 Å². The lowest BCUT2D eigenvalue weighted by molar-refractivity contribution is -0.400. The average Bonchev–Trinajstić information content (AvgIpc) is 0.763. The number of unbranched alkanes of at least 4 members (excludes halogenated alkanes) is 10. The Hall–Kier alpha value is -3.88. The van der Waals surface area contributed by atoms with Gasteiger partial charge in [0.05, 0.1) is 43.0 Å². The van der Waals surface area contributed by atoms with Crippen LogP contribution in [0.1, 0.15) is 215 Å². The Bertz CT molecular complexity index is 2510. The summed E-state index contributed by atoms with van der Waals surface area (Å²) in [4.78, 5) is 55.8. The molecule has 0 amide bonds. The summed E-state index contributed by atoms with van der Waals surface area (Å²) in [6, 6.07) is 8.92. The van der Waals surface area contributed by atoms with Crippen molar-refractivity contribution < 1.29 is 126 Å². The fourth-order valence-electron chi connectivity index (χ4n) is 13.4. The number of hydrogen-bond acceptors (Lipinski definition) is 26. The maximum absolute atomic E-state index is 14.5. The molecule has 26 heteroatoms. The van der Waals surface area contributed by atoms with E-state index in [2.05, 4.69) is 13.8 Å². The van der Waals surface area contributed by atoms with Crippen LogP contribution in [0, 0.1) is 5.92 Å². The average molecular weight is 1400 g/mol. The molecule has 98 heavy (non-hydrogen) atoms. The van der Waals surface area contributed by atoms with Crippen molar-refractivity contribution in [2.75, 3.05) is 6.61 Å². The zero-order chi connectivity index (χ0) is 71.0. The molecule has 0 bridgehead atoms. The van der Waals surface area contributed by atoms with E-state index >= 15 is 0 Å². The number of esters is 4. The first-order chi connectivity index (χ1) is 47.1. The topological polar surface area (TPSA) is 359 Å². The number of aliphatic hydroxyl groups is 8. The van der Waals surface area contributed by atoms with Gasteiger partial charge in [0.1, 0.15) is 73.2 Å². The first-order valence-electron chi connectivity index (χ1n) is 36.5. The zero-order valence-corrected chi connectivity index (χ0v) is 58.7. The van der Waals surface area contributed by atoms with Gasteiger partial charge in [0, 0.05) is 18.9 Å². The highest BCUT2D eigenvalue weighted by Crippen LogP contribution is 2.40. The summed E-state index contributed by atoms with van der Waals surface area (Å²) in [6.07, 6.45) is -19.6. The summed E-state index contributed by atoms with van der Waals surface area (Å²) >= 11 is 0. The van der Waals surface area contributed by atoms with Crippen LogP contribution >= 0.6 is 0 Å². The van der Waals surface area contributed by atoms with E-state index in [0.29, 0.717) is 44.1 Å². The van der Waals surface area contributed by atoms with Crippen molar-refractivity contribution in [1.29, 1.82) is 0 Å². The Morgan fingerprint density at radius 1 is 0.520 bits per heavy atom. The van der Waals surface area contributed by atoms with Crippen LogP contribution in [0.15, 0.2) is 36.4 Å². The molecular weight excluding hydrogens is 1280 g/mol. The minimum atomic E-state index is -2.05. The number of hydrogen-bond donors (Lipinski definition) is 8. The van der Waals surface area contributed by atoms with E-state index < -0.39 is 190 Å². The van der Waals surface area contributed by atoms with Gasteiger partial charge < -0.3 is 107 Å². The Labute approximate surface area is 577 Å². The molecule has 560 valence electrons. The number of benzene rings is 1. The fraction of sp³-hybridized carbons (Fsp3) is 0.833. The number of aliphatic hydroxyl groups excluding tert-OH is 8. The molecule has 26 nitrogen and oxygen atoms in total. The van der Waals surface area contributed by atoms with Crippen LogP contribution in [0.5, 0.6) is 0 Å². The Morgan fingerprint density at radius 2 is 1.10 bits per heavy atom. The highest BCUT2D eigenvalue weighted by Gasteiger charge is 2.59. The molecule has 0 spiro atoms. The molecule has 6 aliphatic heterocycles. The highest BCUT2D eigenvalue weighted by molar-refractivity contribution is 5.87. The molecule has 0 aliphatic carbocycles. The third-order valence-electron chi connectivity index (χ3n) is 19.6. The lowest BCUT2D eigenvalue weighted by Gasteiger charge is -2.51. The summed E-state index contributed by atoms with van der Waals surface area (Å²) in [5.74, 6) is -3.80. The lowest BCUT2D eigenvalue weighted by atomic mass is 9.95. The van der Waals surface area contributed by atoms with Crippen LogP contribution in [0.25, 0.3) is 6.08 Å². The number of carbonyl (C=O) groups excluding carboxylic acids is 4. The van der Waals surface area contributed by atoms with Gasteiger partial charge in [0.25, 0.3) is 0 Å². The molecule has 0 unspecified atom stereocenters. The molecule has 6 heterocycles. The third-order valence-corrected chi connectivity index (χ3v) is 19.6. The monoisotopic (exact) mass is 1400 g/mol. The summed E-state index contributed by atoms with van der Waals surface area (Å²) in [7, 11) is 0. The van der Waals surface area contributed by atoms with Gasteiger partial charge in [-0.25, -0.2) is 4.79 Å². The molecule has 1 aromatic rings. The summed E-state index contributed by atoms with van der Waals surface area (Å²) in [6.45, 7) is 12.9. The van der Waals surface area contributed by atoms with Crippen LogP contribution in [0.2, 0.25) is 0 Å². The summed E-state index contributed by atoms with van der Waals surface area (Å²) in [5.41, 5.74) is 0.683. The summed E-state index contributed by atoms with van der Waals surface area (Å²) < 4.78 is 89.4. The van der Waals surface area contributed by atoms with Crippen LogP contribution in [-0.4, -0.2) is 231 Å². The smallest absolute Gasteiger partial charge is 0.331 e. The van der Waals surface area contributed by atoms with Gasteiger partial charge in [0.15, 0.2) is 55.9 Å². The molecule has 8 N–H and O–H groups in total. The molecule has 27 atom stereocenters. The molecule has 7 rings (SSSR count). The van der Waals surface area contributed by atoms with Crippen molar-refractivity contribution in [2.45, 2.75) is 369 Å². The molecule has 0 aromatic heterocycles. The maximum Gasteiger partial charge on any atom is 0.331 e. The van der Waals surface area contributed by atoms with Crippen LogP contribution in [0.4, 0.5) is 0 Å². The molecule has 6 fully saturated rings. The normalized spacial score (nSPS) is 38.3. The Balaban J connectivity index is 1.25. The van der Waals surface area contributed by atoms with Crippen molar-refractivity contribution in [2.24, 2.45) is 5.92 Å². The van der Waals surface area contributed by atoms with Gasteiger partial charge in [-0.1, -0.05) is 167 Å². The van der Waals surface area contributed by atoms with Crippen molar-refractivity contribution in [1.82, 2.24) is 0 Å². The van der Waals surface area contributed by atoms with Gasteiger partial charge in [-0.2, -0.15) is 0 Å². The lowest BCUT2D eigenvalue weighted by Crippen LogP contribution is -2.68. The minimum absolute atomic E-state index is 0.0523. The third kappa shape index (κ3) is 23.3. The van der Waals surface area contributed by atoms with E-state index in [1.807, 2.05) is 6.07 Å². The van der Waals surface area contributed by atoms with Crippen molar-refractivity contribution in [3.63, 3.8) is 0 Å². The van der Waals surface area contributed by atoms with E-state index in [4.69, 9.17) is 66.3 Å². The highest BCUT2D eigenvalue weighted by atomic mass is 16.8. The van der Waals surface area contributed by atoms with E-state index in [-0.39, 0.29) is 18.9 Å². The SMILES string of the molecule is CCCCCCCCCCCC(=O)O[C@H]1[C@H](O[C@@H]2[C@@H](O)[C@H]3OC(=O)CCCCCCCCC[C@H](CCCCC)O[C@@H]4O[C@H](C)[C@H](O)[C@H](O)[C@H]4O[C@@H]3O[C@H]2C)O[C@@H](C)[C@H](O[C@@H]2O[C@@H](C)[C@H](OC(=O)C=Cc3ccccc3)[C@@H](OC(=O)[C@@H](C)CC)[C@H]2O)[C@H]1O[C@@H]1O[C@H](CO)[C@@H](O)[C@H](O)[C@H]1O. The molecule has 0 saturated carbocycles. The summed E-state index contributed by atoms with van der Waals surface area (Å²) in [5, 5.41) is 92.5. The standard InChI is InChI=1S/C72H116O26/c1-9-12-14-15-16-17-20-23-31-37-50(75)93-66-65(98-68-56(81)54(79)53(78)48(40-73)90-68)61(96-69-58(83)62(94-67(84)41(4)11-3)60(44(7)86-69)91-51(76)39-38-46-32-27-25-28-33-46)45(8)88-72(66)95-59-43(6)87-71-64(57(59)82)92-49(74)36-30-24-21-18-19-22-29-35-47(34-26-13-10-2)89-70-63(97-71)55(80)52(77)42(5)85-70/h25,27-28,32-33,38-39,41-45,47-48,52-66,68-73,77-83H,9-24,26,29-31,34-37,40H2,1-8H3/t41-,42+,43-,44-,45-,47-,48+,52-,53+,54-,55-,56+,57+,58+,59-,60-,61-,62-,63+,64+,65+,66+,68-,69-,70-,71-,72-/m0/s1. The minimum Gasteiger partial charge on any atom is -0.455 e. The first kappa shape index (κ1) is 81.4. The second-order valence-electron chi connectivity index (χ2n) is 27.5. The second-order valence-corrected chi connectivity index (χ2v) is 27.5. The van der Waals surface area contributed by atoms with Crippen molar-refractivity contribution >= 4 is 30.0 Å². The first-order valence-corrected chi connectivity index (χ1v) is 36.5. The van der Waals surface area contributed by atoms with Crippen LogP contribution in [-0.2, 0) is 85.5 Å². The number of carbonyl (C=O) groups is 4. The maximum atomic E-state index is 14.5. The van der Waals surface area contributed by atoms with Crippen LogP contribution < -0.4 is 0 Å². The quantitative estimate of drug-likeness (QED) is 0.0190. The predicted molar refractivity (Wildman–Crippen MR) is 351 cm³/mol. The molecule has 0 radical (unpaired) electrons. The van der Waals surface area contributed by atoms with Gasteiger partial charge in [0.2, 0.25) is 0 Å². The van der Waals surface area contributed by atoms with Gasteiger partial charge in [-0.15, -0.1) is 0 Å².